The first-order valence-corrected chi connectivity index (χ1v) is 8.66. The van der Waals surface area contributed by atoms with Crippen LogP contribution in [-0.2, 0) is 6.54 Å². The molecule has 3 aromatic rings. The number of fused-ring (bicyclic) bond motifs is 1. The number of rotatable bonds is 5. The molecule has 2 aromatic carbocycles. The zero-order valence-corrected chi connectivity index (χ0v) is 15.0. The molecule has 0 radical (unpaired) electrons. The second kappa shape index (κ2) is 7.65. The summed E-state index contributed by atoms with van der Waals surface area (Å²) >= 11 is 1.51. The normalized spacial score (nSPS) is 11.0. The summed E-state index contributed by atoms with van der Waals surface area (Å²) in [4.78, 5) is 18.4. The summed E-state index contributed by atoms with van der Waals surface area (Å²) in [6, 6.07) is 12.0. The number of carbonyl (C=O) groups is 1. The van der Waals surface area contributed by atoms with Gasteiger partial charge in [-0.2, -0.15) is 8.78 Å². The number of carbonyl (C=O) groups excluding carboxylic acids is 1. The first-order valence-electron chi connectivity index (χ1n) is 7.85. The third-order valence-electron chi connectivity index (χ3n) is 3.74. The summed E-state index contributed by atoms with van der Waals surface area (Å²) in [7, 11) is 1.62. The monoisotopic (exact) mass is 377 g/mol. The Labute approximate surface area is 153 Å². The molecule has 1 N–H and O–H groups in total. The number of benzene rings is 2. The molecule has 1 heterocycles. The van der Waals surface area contributed by atoms with Gasteiger partial charge in [0.25, 0.3) is 0 Å². The van der Waals surface area contributed by atoms with Gasteiger partial charge in [-0.05, 0) is 30.7 Å². The average molecular weight is 377 g/mol. The lowest BCUT2D eigenvalue weighted by molar-refractivity contribution is -0.0493. The van der Waals surface area contributed by atoms with Crippen molar-refractivity contribution in [1.29, 1.82) is 0 Å². The molecule has 2 amide bonds. The fourth-order valence-corrected chi connectivity index (χ4v) is 3.48. The van der Waals surface area contributed by atoms with Crippen molar-refractivity contribution in [2.75, 3.05) is 12.4 Å². The Morgan fingerprint density at radius 2 is 2.04 bits per heavy atom. The van der Waals surface area contributed by atoms with Crippen molar-refractivity contribution in [2.24, 2.45) is 0 Å². The van der Waals surface area contributed by atoms with Crippen LogP contribution in [-0.4, -0.2) is 29.6 Å². The maximum atomic E-state index is 12.6. The number of thiazole rings is 1. The SMILES string of the molecule is Cc1cccc(OC(F)F)c1NC(=O)N(C)Cc1nc2ccccc2s1. The molecular weight excluding hydrogens is 360 g/mol. The van der Waals surface area contributed by atoms with Crippen molar-refractivity contribution >= 4 is 33.3 Å². The minimum atomic E-state index is -2.96. The Kier molecular flexibility index (Phi) is 5.32. The maximum Gasteiger partial charge on any atom is 0.387 e. The maximum absolute atomic E-state index is 12.6. The Morgan fingerprint density at radius 1 is 1.27 bits per heavy atom. The van der Waals surface area contributed by atoms with E-state index in [0.29, 0.717) is 12.1 Å². The van der Waals surface area contributed by atoms with E-state index in [0.717, 1.165) is 15.2 Å². The Bertz CT molecular complexity index is 897. The highest BCUT2D eigenvalue weighted by Gasteiger charge is 2.17. The lowest BCUT2D eigenvalue weighted by Gasteiger charge is -2.19. The molecule has 0 unspecified atom stereocenters. The molecule has 0 saturated carbocycles. The van der Waals surface area contributed by atoms with Gasteiger partial charge in [0, 0.05) is 7.05 Å². The van der Waals surface area contributed by atoms with Crippen LogP contribution in [0.1, 0.15) is 10.6 Å². The molecule has 0 bridgehead atoms. The van der Waals surface area contributed by atoms with E-state index in [2.05, 4.69) is 15.0 Å². The predicted molar refractivity (Wildman–Crippen MR) is 97.9 cm³/mol. The van der Waals surface area contributed by atoms with Crippen molar-refractivity contribution in [2.45, 2.75) is 20.1 Å². The second-order valence-electron chi connectivity index (χ2n) is 5.69. The fraction of sp³-hybridized carbons (Fsp3) is 0.222. The van der Waals surface area contributed by atoms with Gasteiger partial charge in [0.15, 0.2) is 0 Å². The summed E-state index contributed by atoms with van der Waals surface area (Å²) in [5, 5.41) is 3.43. The molecular formula is C18H17F2N3O2S. The average Bonchev–Trinajstić information content (AvgIpc) is 2.99. The van der Waals surface area contributed by atoms with Gasteiger partial charge >= 0.3 is 12.6 Å². The van der Waals surface area contributed by atoms with Crippen LogP contribution < -0.4 is 10.1 Å². The molecule has 26 heavy (non-hydrogen) atoms. The van der Waals surface area contributed by atoms with E-state index in [1.807, 2.05) is 24.3 Å². The van der Waals surface area contributed by atoms with Gasteiger partial charge in [0.1, 0.15) is 10.8 Å². The van der Waals surface area contributed by atoms with Crippen LogP contribution in [0, 0.1) is 6.92 Å². The Morgan fingerprint density at radius 3 is 2.77 bits per heavy atom. The summed E-state index contributed by atoms with van der Waals surface area (Å²) in [6.07, 6.45) is 0. The van der Waals surface area contributed by atoms with Gasteiger partial charge in [-0.25, -0.2) is 9.78 Å². The molecule has 0 saturated heterocycles. The van der Waals surface area contributed by atoms with Gasteiger partial charge < -0.3 is 15.0 Å². The molecule has 5 nitrogen and oxygen atoms in total. The van der Waals surface area contributed by atoms with Crippen LogP contribution in [0.25, 0.3) is 10.2 Å². The van der Waals surface area contributed by atoms with Gasteiger partial charge in [0.05, 0.1) is 22.4 Å². The molecule has 136 valence electrons. The van der Waals surface area contributed by atoms with Gasteiger partial charge in [0.2, 0.25) is 0 Å². The number of halogens is 2. The highest BCUT2D eigenvalue weighted by Crippen LogP contribution is 2.30. The zero-order chi connectivity index (χ0) is 18.7. The first kappa shape index (κ1) is 18.1. The van der Waals surface area contributed by atoms with E-state index in [1.54, 1.807) is 26.1 Å². The summed E-state index contributed by atoms with van der Waals surface area (Å²) in [6.45, 7) is -0.947. The summed E-state index contributed by atoms with van der Waals surface area (Å²) in [5.41, 5.74) is 1.74. The van der Waals surface area contributed by atoms with E-state index in [4.69, 9.17) is 0 Å². The minimum absolute atomic E-state index is 0.0678. The summed E-state index contributed by atoms with van der Waals surface area (Å²) < 4.78 is 30.7. The van der Waals surface area contributed by atoms with Crippen LogP contribution in [0.5, 0.6) is 5.75 Å². The number of para-hydroxylation sites is 2. The number of hydrogen-bond donors (Lipinski definition) is 1. The van der Waals surface area contributed by atoms with Crippen molar-refractivity contribution < 1.29 is 18.3 Å². The van der Waals surface area contributed by atoms with E-state index >= 15 is 0 Å². The Balaban J connectivity index is 1.73. The number of aromatic nitrogens is 1. The van der Waals surface area contributed by atoms with Crippen LogP contribution in [0.3, 0.4) is 0 Å². The quantitative estimate of drug-likeness (QED) is 0.690. The first-order chi connectivity index (χ1) is 12.4. The molecule has 0 aliphatic carbocycles. The molecule has 1 aromatic heterocycles. The molecule has 0 aliphatic heterocycles. The fourth-order valence-electron chi connectivity index (χ4n) is 2.46. The lowest BCUT2D eigenvalue weighted by atomic mass is 10.2. The molecule has 8 heteroatoms. The minimum Gasteiger partial charge on any atom is -0.433 e. The van der Waals surface area contributed by atoms with Crippen LogP contribution in [0.4, 0.5) is 19.3 Å². The number of amides is 2. The standard InChI is InChI=1S/C18H17F2N3O2S/c1-11-6-5-8-13(25-17(19)20)16(11)22-18(24)23(2)10-15-21-12-7-3-4-9-14(12)26-15/h3-9,17H,10H2,1-2H3,(H,22,24). The van der Waals surface area contributed by atoms with Crippen molar-refractivity contribution in [3.8, 4) is 5.75 Å². The zero-order valence-electron chi connectivity index (χ0n) is 14.2. The second-order valence-corrected chi connectivity index (χ2v) is 6.80. The van der Waals surface area contributed by atoms with E-state index in [9.17, 15) is 13.6 Å². The highest BCUT2D eigenvalue weighted by molar-refractivity contribution is 7.18. The van der Waals surface area contributed by atoms with Gasteiger partial charge in [-0.15, -0.1) is 11.3 Å². The number of urea groups is 1. The van der Waals surface area contributed by atoms with Crippen LogP contribution in [0.15, 0.2) is 42.5 Å². The Hall–Kier alpha value is -2.74. The van der Waals surface area contributed by atoms with Crippen molar-refractivity contribution in [3.05, 3.63) is 53.0 Å². The third-order valence-corrected chi connectivity index (χ3v) is 4.76. The number of aryl methyl sites for hydroxylation is 1. The highest BCUT2D eigenvalue weighted by atomic mass is 32.1. The van der Waals surface area contributed by atoms with E-state index in [1.165, 1.54) is 22.3 Å². The molecule has 0 atom stereocenters. The smallest absolute Gasteiger partial charge is 0.387 e. The number of ether oxygens (including phenoxy) is 1. The van der Waals surface area contributed by atoms with E-state index < -0.39 is 12.6 Å². The molecule has 0 fully saturated rings. The molecule has 0 spiro atoms. The van der Waals surface area contributed by atoms with Crippen LogP contribution in [0.2, 0.25) is 0 Å². The third kappa shape index (κ3) is 4.08. The van der Waals surface area contributed by atoms with Crippen molar-refractivity contribution in [1.82, 2.24) is 9.88 Å². The topological polar surface area (TPSA) is 54.5 Å². The van der Waals surface area contributed by atoms with Crippen molar-refractivity contribution in [3.63, 3.8) is 0 Å². The number of hydrogen-bond acceptors (Lipinski definition) is 4. The van der Waals surface area contributed by atoms with Gasteiger partial charge in [-0.1, -0.05) is 24.3 Å². The number of alkyl halides is 2. The number of nitrogens with zero attached hydrogens (tertiary/aromatic N) is 2. The lowest BCUT2D eigenvalue weighted by Crippen LogP contribution is -2.31. The van der Waals surface area contributed by atoms with E-state index in [-0.39, 0.29) is 11.4 Å². The number of nitrogens with one attached hydrogen (secondary N) is 1. The number of anilines is 1. The van der Waals surface area contributed by atoms with Gasteiger partial charge in [-0.3, -0.25) is 0 Å². The molecule has 3 rings (SSSR count). The molecule has 0 aliphatic rings. The largest absolute Gasteiger partial charge is 0.433 e. The van der Waals surface area contributed by atoms with Crippen LogP contribution >= 0.6 is 11.3 Å². The summed E-state index contributed by atoms with van der Waals surface area (Å²) in [5.74, 6) is -0.0678. The predicted octanol–water partition coefficient (Wildman–Crippen LogP) is 4.87.